The van der Waals surface area contributed by atoms with E-state index >= 15 is 0 Å². The Kier molecular flexibility index (Phi) is 8.49. The van der Waals surface area contributed by atoms with Gasteiger partial charge in [-0.05, 0) is 54.2 Å². The highest BCUT2D eigenvalue weighted by molar-refractivity contribution is 5.79. The van der Waals surface area contributed by atoms with Gasteiger partial charge in [0.2, 0.25) is 0 Å². The van der Waals surface area contributed by atoms with Gasteiger partial charge in [0, 0.05) is 45.7 Å². The van der Waals surface area contributed by atoms with Gasteiger partial charge in [-0.25, -0.2) is 4.68 Å². The molecule has 1 saturated heterocycles. The Balaban J connectivity index is 1.19. The van der Waals surface area contributed by atoms with Crippen molar-refractivity contribution in [2.45, 2.75) is 38.5 Å². The predicted octanol–water partition coefficient (Wildman–Crippen LogP) is 3.48. The molecule has 4 rings (SSSR count). The second-order valence-corrected chi connectivity index (χ2v) is 8.16. The van der Waals surface area contributed by atoms with Gasteiger partial charge in [-0.3, -0.25) is 4.99 Å². The molecule has 1 aliphatic rings. The molecule has 2 N–H and O–H groups in total. The van der Waals surface area contributed by atoms with Crippen molar-refractivity contribution in [3.05, 3.63) is 83.7 Å². The standard InChI is InChI=1S/C26H33N5O2/c1-27-26(28-14-10-21-6-8-24(9-7-21)31-15-3-13-30-31)29-19-22-4-2-5-23(18-22)20-33-25-11-16-32-17-12-25/h2-9,13,15,18,25H,10-12,14,16-17,19-20H2,1H3,(H2,27,28,29). The van der Waals surface area contributed by atoms with E-state index in [0.29, 0.717) is 19.3 Å². The zero-order chi connectivity index (χ0) is 22.7. The lowest BCUT2D eigenvalue weighted by Crippen LogP contribution is -2.37. The summed E-state index contributed by atoms with van der Waals surface area (Å²) in [6, 6.07) is 18.9. The molecule has 0 bridgehead atoms. The topological polar surface area (TPSA) is 72.7 Å². The van der Waals surface area contributed by atoms with Gasteiger partial charge < -0.3 is 20.1 Å². The van der Waals surface area contributed by atoms with E-state index in [0.717, 1.165) is 50.7 Å². The van der Waals surface area contributed by atoms with Crippen LogP contribution in [0.5, 0.6) is 0 Å². The number of nitrogens with one attached hydrogen (secondary N) is 2. The lowest BCUT2D eigenvalue weighted by Gasteiger charge is -2.22. The van der Waals surface area contributed by atoms with Crippen LogP contribution in [0.3, 0.4) is 0 Å². The third-order valence-electron chi connectivity index (χ3n) is 5.74. The molecule has 3 aromatic rings. The zero-order valence-corrected chi connectivity index (χ0v) is 19.2. The highest BCUT2D eigenvalue weighted by Gasteiger charge is 2.14. The van der Waals surface area contributed by atoms with E-state index in [9.17, 15) is 0 Å². The van der Waals surface area contributed by atoms with Crippen LogP contribution < -0.4 is 10.6 Å². The highest BCUT2D eigenvalue weighted by Crippen LogP contribution is 2.14. The second kappa shape index (κ2) is 12.2. The average Bonchev–Trinajstić information content (AvgIpc) is 3.41. The third-order valence-corrected chi connectivity index (χ3v) is 5.74. The van der Waals surface area contributed by atoms with Crippen molar-refractivity contribution in [1.29, 1.82) is 0 Å². The number of hydrogen-bond donors (Lipinski definition) is 2. The van der Waals surface area contributed by atoms with Gasteiger partial charge in [0.25, 0.3) is 0 Å². The highest BCUT2D eigenvalue weighted by atomic mass is 16.5. The summed E-state index contributed by atoms with van der Waals surface area (Å²) in [5.41, 5.74) is 4.74. The molecule has 1 fully saturated rings. The first-order valence-electron chi connectivity index (χ1n) is 11.6. The van der Waals surface area contributed by atoms with Gasteiger partial charge in [-0.2, -0.15) is 5.10 Å². The summed E-state index contributed by atoms with van der Waals surface area (Å²) in [6.45, 7) is 3.77. The minimum atomic E-state index is 0.310. The molecule has 2 aromatic carbocycles. The Morgan fingerprint density at radius 2 is 1.88 bits per heavy atom. The number of aliphatic imine (C=N–C) groups is 1. The average molecular weight is 448 g/mol. The maximum atomic E-state index is 6.05. The zero-order valence-electron chi connectivity index (χ0n) is 19.2. The third kappa shape index (κ3) is 7.17. The van der Waals surface area contributed by atoms with Gasteiger partial charge in [0.15, 0.2) is 5.96 Å². The maximum absolute atomic E-state index is 6.05. The summed E-state index contributed by atoms with van der Waals surface area (Å²) >= 11 is 0. The normalized spacial score (nSPS) is 14.9. The van der Waals surface area contributed by atoms with Crippen molar-refractivity contribution in [1.82, 2.24) is 20.4 Å². The van der Waals surface area contributed by atoms with Crippen LogP contribution in [0, 0.1) is 0 Å². The van der Waals surface area contributed by atoms with E-state index in [2.05, 4.69) is 69.3 Å². The number of rotatable bonds is 9. The summed E-state index contributed by atoms with van der Waals surface area (Å²) in [6.07, 6.45) is 6.93. The Labute approximate surface area is 195 Å². The predicted molar refractivity (Wildman–Crippen MR) is 131 cm³/mol. The fourth-order valence-corrected chi connectivity index (χ4v) is 3.85. The second-order valence-electron chi connectivity index (χ2n) is 8.16. The van der Waals surface area contributed by atoms with Gasteiger partial charge in [0.1, 0.15) is 0 Å². The van der Waals surface area contributed by atoms with Crippen LogP contribution in [0.15, 0.2) is 72.0 Å². The van der Waals surface area contributed by atoms with E-state index < -0.39 is 0 Å². The molecule has 0 radical (unpaired) electrons. The van der Waals surface area contributed by atoms with Crippen molar-refractivity contribution in [2.24, 2.45) is 4.99 Å². The molecule has 0 amide bonds. The van der Waals surface area contributed by atoms with Gasteiger partial charge in [-0.1, -0.05) is 36.4 Å². The first-order valence-corrected chi connectivity index (χ1v) is 11.6. The maximum Gasteiger partial charge on any atom is 0.191 e. The van der Waals surface area contributed by atoms with Crippen LogP contribution >= 0.6 is 0 Å². The van der Waals surface area contributed by atoms with Crippen LogP contribution in [0.25, 0.3) is 5.69 Å². The summed E-state index contributed by atoms with van der Waals surface area (Å²) in [4.78, 5) is 4.35. The number of guanidine groups is 1. The van der Waals surface area contributed by atoms with Crippen LogP contribution in [-0.2, 0) is 29.0 Å². The van der Waals surface area contributed by atoms with Crippen molar-refractivity contribution >= 4 is 5.96 Å². The summed E-state index contributed by atoms with van der Waals surface area (Å²) < 4.78 is 13.3. The van der Waals surface area contributed by atoms with E-state index in [1.54, 1.807) is 13.2 Å². The molecule has 0 atom stereocenters. The molecule has 0 aliphatic carbocycles. The largest absolute Gasteiger partial charge is 0.381 e. The van der Waals surface area contributed by atoms with Crippen LogP contribution in [0.4, 0.5) is 0 Å². The molecule has 0 saturated carbocycles. The fourth-order valence-electron chi connectivity index (χ4n) is 3.85. The summed E-state index contributed by atoms with van der Waals surface area (Å²) in [5, 5.41) is 11.1. The summed E-state index contributed by atoms with van der Waals surface area (Å²) in [7, 11) is 1.80. The SMILES string of the molecule is CN=C(NCCc1ccc(-n2cccn2)cc1)NCc1cccc(COC2CCOCC2)c1. The van der Waals surface area contributed by atoms with Crippen LogP contribution in [0.2, 0.25) is 0 Å². The lowest BCUT2D eigenvalue weighted by molar-refractivity contribution is -0.0390. The Bertz CT molecular complexity index is 996. The van der Waals surface area contributed by atoms with Crippen LogP contribution in [0.1, 0.15) is 29.5 Å². The molecule has 2 heterocycles. The van der Waals surface area contributed by atoms with Crippen molar-refractivity contribution in [3.63, 3.8) is 0 Å². The van der Waals surface area contributed by atoms with E-state index in [-0.39, 0.29) is 0 Å². The number of nitrogens with zero attached hydrogens (tertiary/aromatic N) is 3. The number of aromatic nitrogens is 2. The fraction of sp³-hybridized carbons (Fsp3) is 0.385. The molecular formula is C26H33N5O2. The molecule has 7 nitrogen and oxygen atoms in total. The van der Waals surface area contributed by atoms with Gasteiger partial charge >= 0.3 is 0 Å². The van der Waals surface area contributed by atoms with Gasteiger partial charge in [0.05, 0.1) is 18.4 Å². The van der Waals surface area contributed by atoms with Crippen LogP contribution in [-0.4, -0.2) is 48.7 Å². The van der Waals surface area contributed by atoms with E-state index in [1.807, 2.05) is 16.9 Å². The summed E-state index contributed by atoms with van der Waals surface area (Å²) in [5.74, 6) is 0.798. The van der Waals surface area contributed by atoms with Crippen molar-refractivity contribution < 1.29 is 9.47 Å². The molecule has 7 heteroatoms. The number of ether oxygens (including phenoxy) is 2. The molecule has 1 aliphatic heterocycles. The van der Waals surface area contributed by atoms with Crippen molar-refractivity contribution in [2.75, 3.05) is 26.8 Å². The minimum absolute atomic E-state index is 0.310. The first-order chi connectivity index (χ1) is 16.3. The number of hydrogen-bond acceptors (Lipinski definition) is 4. The molecular weight excluding hydrogens is 414 g/mol. The first kappa shape index (κ1) is 23.0. The number of benzene rings is 2. The molecule has 174 valence electrons. The van der Waals surface area contributed by atoms with E-state index in [4.69, 9.17) is 9.47 Å². The van der Waals surface area contributed by atoms with E-state index in [1.165, 1.54) is 16.7 Å². The Morgan fingerprint density at radius 3 is 2.64 bits per heavy atom. The van der Waals surface area contributed by atoms with Crippen molar-refractivity contribution in [3.8, 4) is 5.69 Å². The molecule has 0 unspecified atom stereocenters. The monoisotopic (exact) mass is 447 g/mol. The Hall–Kier alpha value is -3.16. The van der Waals surface area contributed by atoms with Gasteiger partial charge in [-0.15, -0.1) is 0 Å². The Morgan fingerprint density at radius 1 is 1.06 bits per heavy atom. The molecule has 1 aromatic heterocycles. The molecule has 33 heavy (non-hydrogen) atoms. The minimum Gasteiger partial charge on any atom is -0.381 e. The lowest BCUT2D eigenvalue weighted by atomic mass is 10.1. The molecule has 0 spiro atoms. The smallest absolute Gasteiger partial charge is 0.191 e. The quantitative estimate of drug-likeness (QED) is 0.388.